The Bertz CT molecular complexity index is 1050. The highest BCUT2D eigenvalue weighted by Gasteiger charge is 2.49. The molecule has 1 aliphatic heterocycles. The SMILES string of the molecule is COc1ccc(Br)cc1-c1nc(CN2C(=O)NC(C)(c3ccsc3)C2=O)cs1. The lowest BCUT2D eigenvalue weighted by Crippen LogP contribution is -2.40. The van der Waals surface area contributed by atoms with Gasteiger partial charge in [0.25, 0.3) is 5.91 Å². The summed E-state index contributed by atoms with van der Waals surface area (Å²) >= 11 is 6.40. The number of carbonyl (C=O) groups excluding carboxylic acids is 2. The zero-order valence-electron chi connectivity index (χ0n) is 15.1. The highest BCUT2D eigenvalue weighted by Crippen LogP contribution is 2.35. The molecule has 2 aromatic heterocycles. The molecule has 1 N–H and O–H groups in total. The summed E-state index contributed by atoms with van der Waals surface area (Å²) in [5.74, 6) is 0.439. The van der Waals surface area contributed by atoms with E-state index in [1.165, 1.54) is 27.6 Å². The fourth-order valence-electron chi connectivity index (χ4n) is 3.10. The van der Waals surface area contributed by atoms with E-state index in [-0.39, 0.29) is 12.5 Å². The van der Waals surface area contributed by atoms with E-state index in [0.717, 1.165) is 20.6 Å². The number of hydrogen-bond donors (Lipinski definition) is 1. The van der Waals surface area contributed by atoms with Gasteiger partial charge in [0.05, 0.1) is 24.9 Å². The molecule has 1 atom stereocenters. The second-order valence-corrected chi connectivity index (χ2v) is 9.00. The largest absolute Gasteiger partial charge is 0.496 e. The lowest BCUT2D eigenvalue weighted by molar-refractivity contribution is -0.131. The van der Waals surface area contributed by atoms with E-state index in [4.69, 9.17) is 4.74 Å². The van der Waals surface area contributed by atoms with Crippen LogP contribution in [0.5, 0.6) is 5.75 Å². The van der Waals surface area contributed by atoms with Gasteiger partial charge in [-0.25, -0.2) is 9.78 Å². The smallest absolute Gasteiger partial charge is 0.325 e. The zero-order chi connectivity index (χ0) is 19.9. The summed E-state index contributed by atoms with van der Waals surface area (Å²) in [6, 6.07) is 7.14. The molecule has 3 heterocycles. The Hall–Kier alpha value is -2.23. The number of nitrogens with zero attached hydrogens (tertiary/aromatic N) is 2. The number of nitrogens with one attached hydrogen (secondary N) is 1. The maximum absolute atomic E-state index is 13.0. The van der Waals surface area contributed by atoms with Crippen LogP contribution in [0.3, 0.4) is 0 Å². The quantitative estimate of drug-likeness (QED) is 0.544. The molecule has 1 unspecified atom stereocenters. The first kappa shape index (κ1) is 19.1. The van der Waals surface area contributed by atoms with Gasteiger partial charge in [-0.05, 0) is 47.5 Å². The van der Waals surface area contributed by atoms with Gasteiger partial charge in [-0.2, -0.15) is 11.3 Å². The second-order valence-electron chi connectivity index (χ2n) is 6.45. The minimum Gasteiger partial charge on any atom is -0.496 e. The van der Waals surface area contributed by atoms with Crippen LogP contribution in [0.4, 0.5) is 4.79 Å². The lowest BCUT2D eigenvalue weighted by Gasteiger charge is -2.20. The molecule has 1 aromatic carbocycles. The van der Waals surface area contributed by atoms with E-state index < -0.39 is 11.6 Å². The van der Waals surface area contributed by atoms with Crippen LogP contribution in [-0.4, -0.2) is 28.9 Å². The highest BCUT2D eigenvalue weighted by atomic mass is 79.9. The summed E-state index contributed by atoms with van der Waals surface area (Å²) in [6.07, 6.45) is 0. The van der Waals surface area contributed by atoms with Crippen molar-refractivity contribution in [2.45, 2.75) is 19.0 Å². The number of hydrogen-bond acceptors (Lipinski definition) is 6. The number of rotatable bonds is 5. The number of carbonyl (C=O) groups is 2. The van der Waals surface area contributed by atoms with Gasteiger partial charge in [0.15, 0.2) is 0 Å². The first-order chi connectivity index (χ1) is 13.4. The van der Waals surface area contributed by atoms with Crippen molar-refractivity contribution < 1.29 is 14.3 Å². The first-order valence-corrected chi connectivity index (χ1v) is 11.0. The maximum Gasteiger partial charge on any atom is 0.325 e. The number of methoxy groups -OCH3 is 1. The molecule has 1 aliphatic rings. The standard InChI is InChI=1S/C19H16BrN3O3S2/c1-19(11-5-6-27-9-11)17(24)23(18(25)22-19)8-13-10-28-16(21-13)14-7-12(20)3-4-15(14)26-2/h3-7,9-10H,8H2,1-2H3,(H,22,25). The summed E-state index contributed by atoms with van der Waals surface area (Å²) in [5, 5.41) is 9.20. The monoisotopic (exact) mass is 477 g/mol. The third-order valence-corrected chi connectivity index (χ3v) is 6.74. The van der Waals surface area contributed by atoms with Crippen molar-refractivity contribution in [3.05, 3.63) is 56.1 Å². The van der Waals surface area contributed by atoms with Crippen molar-refractivity contribution in [1.82, 2.24) is 15.2 Å². The minimum atomic E-state index is -1.04. The average molecular weight is 478 g/mol. The predicted molar refractivity (Wildman–Crippen MR) is 113 cm³/mol. The number of thiophene rings is 1. The number of benzene rings is 1. The molecule has 0 saturated carbocycles. The van der Waals surface area contributed by atoms with E-state index in [9.17, 15) is 9.59 Å². The second kappa shape index (κ2) is 7.31. The molecule has 0 radical (unpaired) electrons. The van der Waals surface area contributed by atoms with Crippen molar-refractivity contribution in [2.24, 2.45) is 0 Å². The summed E-state index contributed by atoms with van der Waals surface area (Å²) in [4.78, 5) is 31.3. The van der Waals surface area contributed by atoms with Crippen LogP contribution in [0.25, 0.3) is 10.6 Å². The summed E-state index contributed by atoms with van der Waals surface area (Å²) < 4.78 is 6.34. The predicted octanol–water partition coefficient (Wildman–Crippen LogP) is 4.61. The molecule has 3 aromatic rings. The maximum atomic E-state index is 13.0. The van der Waals surface area contributed by atoms with E-state index in [2.05, 4.69) is 26.2 Å². The molecule has 0 spiro atoms. The fraction of sp³-hybridized carbons (Fsp3) is 0.211. The molecule has 4 rings (SSSR count). The van der Waals surface area contributed by atoms with Crippen molar-refractivity contribution in [3.8, 4) is 16.3 Å². The Morgan fingerprint density at radius 1 is 1.29 bits per heavy atom. The number of urea groups is 1. The molecule has 1 fully saturated rings. The van der Waals surface area contributed by atoms with Crippen LogP contribution in [0, 0.1) is 0 Å². The van der Waals surface area contributed by atoms with Gasteiger partial charge in [0.1, 0.15) is 16.3 Å². The van der Waals surface area contributed by atoms with Crippen molar-refractivity contribution in [2.75, 3.05) is 7.11 Å². The van der Waals surface area contributed by atoms with Gasteiger partial charge in [-0.3, -0.25) is 9.69 Å². The van der Waals surface area contributed by atoms with Gasteiger partial charge >= 0.3 is 6.03 Å². The molecule has 28 heavy (non-hydrogen) atoms. The summed E-state index contributed by atoms with van der Waals surface area (Å²) in [6.45, 7) is 1.85. The number of imide groups is 1. The molecule has 6 nitrogen and oxygen atoms in total. The van der Waals surface area contributed by atoms with Gasteiger partial charge in [0.2, 0.25) is 0 Å². The van der Waals surface area contributed by atoms with Gasteiger partial charge < -0.3 is 10.1 Å². The third kappa shape index (κ3) is 3.23. The average Bonchev–Trinajstić information content (AvgIpc) is 3.40. The lowest BCUT2D eigenvalue weighted by atomic mass is 9.95. The van der Waals surface area contributed by atoms with Crippen LogP contribution in [0.2, 0.25) is 0 Å². The van der Waals surface area contributed by atoms with Gasteiger partial charge in [-0.1, -0.05) is 15.9 Å². The van der Waals surface area contributed by atoms with E-state index in [1.807, 2.05) is 40.4 Å². The number of ether oxygens (including phenoxy) is 1. The number of amides is 3. The van der Waals surface area contributed by atoms with Crippen LogP contribution < -0.4 is 10.1 Å². The van der Waals surface area contributed by atoms with Crippen LogP contribution in [-0.2, 0) is 16.9 Å². The van der Waals surface area contributed by atoms with Gasteiger partial charge in [0, 0.05) is 9.85 Å². The van der Waals surface area contributed by atoms with Crippen LogP contribution in [0.1, 0.15) is 18.2 Å². The fourth-order valence-corrected chi connectivity index (χ4v) is 5.05. The molecule has 144 valence electrons. The Labute approximate surface area is 178 Å². The Kier molecular flexibility index (Phi) is 4.98. The van der Waals surface area contributed by atoms with E-state index in [0.29, 0.717) is 11.4 Å². The molecule has 1 saturated heterocycles. The molecule has 9 heteroatoms. The van der Waals surface area contributed by atoms with Gasteiger partial charge in [-0.15, -0.1) is 11.3 Å². The molecular formula is C19H16BrN3O3S2. The Balaban J connectivity index is 1.59. The molecule has 3 amide bonds. The Morgan fingerprint density at radius 3 is 2.82 bits per heavy atom. The number of thiazole rings is 1. The zero-order valence-corrected chi connectivity index (χ0v) is 18.3. The third-order valence-electron chi connectivity index (χ3n) is 4.64. The number of aromatic nitrogens is 1. The van der Waals surface area contributed by atoms with Crippen LogP contribution >= 0.6 is 38.6 Å². The normalized spacial score (nSPS) is 19.2. The topological polar surface area (TPSA) is 71.5 Å². The van der Waals surface area contributed by atoms with Crippen molar-refractivity contribution >= 4 is 50.5 Å². The first-order valence-electron chi connectivity index (χ1n) is 8.37. The molecular weight excluding hydrogens is 462 g/mol. The van der Waals surface area contributed by atoms with Crippen molar-refractivity contribution in [1.29, 1.82) is 0 Å². The number of halogens is 1. The highest BCUT2D eigenvalue weighted by molar-refractivity contribution is 9.10. The summed E-state index contributed by atoms with van der Waals surface area (Å²) in [7, 11) is 1.61. The molecule has 0 aliphatic carbocycles. The summed E-state index contributed by atoms with van der Waals surface area (Å²) in [5.41, 5.74) is 1.26. The van der Waals surface area contributed by atoms with E-state index in [1.54, 1.807) is 14.0 Å². The minimum absolute atomic E-state index is 0.122. The van der Waals surface area contributed by atoms with Crippen LogP contribution in [0.15, 0.2) is 44.9 Å². The van der Waals surface area contributed by atoms with Crippen molar-refractivity contribution in [3.63, 3.8) is 0 Å². The Morgan fingerprint density at radius 2 is 2.11 bits per heavy atom. The molecule has 0 bridgehead atoms. The van der Waals surface area contributed by atoms with E-state index >= 15 is 0 Å².